The summed E-state index contributed by atoms with van der Waals surface area (Å²) in [5.74, 6) is 1.50. The first-order valence-electron chi connectivity index (χ1n) is 21.7. The zero-order valence-corrected chi connectivity index (χ0v) is 42.0. The van der Waals surface area contributed by atoms with Crippen LogP contribution in [0.3, 0.4) is 0 Å². The van der Waals surface area contributed by atoms with Crippen LogP contribution in [0.1, 0.15) is 110 Å². The Balaban J connectivity index is 0.000000219. The number of fused-ring (bicyclic) bond motifs is 2. The smallest absolute Gasteiger partial charge is 1.00 e. The van der Waals surface area contributed by atoms with Gasteiger partial charge in [-0.05, 0) is 44.9 Å². The summed E-state index contributed by atoms with van der Waals surface area (Å²) in [6.45, 7) is 15.5. The Bertz CT molecular complexity index is 2260. The van der Waals surface area contributed by atoms with E-state index in [9.17, 15) is 13.2 Å². The molecule has 2 fully saturated rings. The number of allylic oxidation sites excluding steroid dienone is 4. The van der Waals surface area contributed by atoms with E-state index < -0.39 is 18.0 Å². The molecule has 0 radical (unpaired) electrons. The second-order valence-electron chi connectivity index (χ2n) is 19.0. The number of alkyl halides is 3. The molecule has 0 bridgehead atoms. The van der Waals surface area contributed by atoms with Crippen molar-refractivity contribution in [3.63, 3.8) is 0 Å². The summed E-state index contributed by atoms with van der Waals surface area (Å²) in [4.78, 5) is 0. The molecule has 0 N–H and O–H groups in total. The molecule has 4 aromatic carbocycles. The van der Waals surface area contributed by atoms with Gasteiger partial charge in [0.1, 0.15) is 0 Å². The topological polar surface area (TPSA) is 0 Å². The van der Waals surface area contributed by atoms with Crippen LogP contribution in [0.2, 0.25) is 12.6 Å². The number of rotatable bonds is 6. The van der Waals surface area contributed by atoms with Crippen molar-refractivity contribution in [3.05, 3.63) is 140 Å². The predicted molar refractivity (Wildman–Crippen MR) is 243 cm³/mol. The first kappa shape index (κ1) is 50.9. The summed E-state index contributed by atoms with van der Waals surface area (Å²) in [5, 5.41) is 5.13. The van der Waals surface area contributed by atoms with E-state index in [2.05, 4.69) is 163 Å². The van der Waals surface area contributed by atoms with Crippen molar-refractivity contribution < 1.29 is 61.3 Å². The van der Waals surface area contributed by atoms with Gasteiger partial charge >= 0.3 is 67.1 Å². The fourth-order valence-corrected chi connectivity index (χ4v) is 10.0. The van der Waals surface area contributed by atoms with Crippen molar-refractivity contribution in [2.24, 2.45) is 11.8 Å². The Hall–Kier alpha value is -2.69. The molecule has 61 heavy (non-hydrogen) atoms. The van der Waals surface area contributed by atoms with Crippen molar-refractivity contribution in [2.45, 2.75) is 129 Å². The van der Waals surface area contributed by atoms with Gasteiger partial charge in [0.05, 0.1) is 0 Å². The molecule has 4 aromatic rings. The Labute approximate surface area is 391 Å². The van der Waals surface area contributed by atoms with E-state index in [-0.39, 0.29) is 35.6 Å². The monoisotopic (exact) mass is 954 g/mol. The molecule has 0 spiro atoms. The number of hydrogen-bond donors (Lipinski definition) is 0. The molecule has 0 heterocycles. The minimum atomic E-state index is -3.93. The zero-order valence-electron chi connectivity index (χ0n) is 37.0. The number of benzene rings is 4. The van der Waals surface area contributed by atoms with Crippen molar-refractivity contribution in [1.29, 1.82) is 0 Å². The third-order valence-electron chi connectivity index (χ3n) is 11.9. The Kier molecular flexibility index (Phi) is 18.6. The van der Waals surface area contributed by atoms with Crippen molar-refractivity contribution in [2.75, 3.05) is 0 Å². The third-order valence-corrected chi connectivity index (χ3v) is 14.8. The Morgan fingerprint density at radius 1 is 0.590 bits per heavy atom. The average Bonchev–Trinajstić information content (AvgIpc) is 4.02. The second kappa shape index (κ2) is 22.3. The van der Waals surface area contributed by atoms with Gasteiger partial charge in [0, 0.05) is 0 Å². The van der Waals surface area contributed by atoms with Gasteiger partial charge in [0.25, 0.3) is 0 Å². The number of halogens is 5. The molecule has 4 aliphatic rings. The second-order valence-corrected chi connectivity index (χ2v) is 27.3. The third kappa shape index (κ3) is 14.7. The molecule has 0 unspecified atom stereocenters. The molecular formula is C54H61Cl2F3SiZr-2. The van der Waals surface area contributed by atoms with Crippen LogP contribution in [0.25, 0.3) is 46.6 Å². The molecule has 0 aliphatic heterocycles. The van der Waals surface area contributed by atoms with Gasteiger partial charge in [0.15, 0.2) is 0 Å². The van der Waals surface area contributed by atoms with E-state index in [1.807, 2.05) is 6.55 Å². The standard InChI is InChI=1S/2C25H27.C4H7F3Si.2ClH.Zr/c2*1-25(2,3)22-13-11-20(12-14-22)23-10-6-9-21-16-19(17-24(21)23)15-18-7-4-5-8-18;1-8-3-2-4(5,6)7;;;/h2*6,9-15,17-18H,4-5,7-8H2,1-3H3;2-3H2,1H3;2*1H;/q2*-1;;;;+2/p-2. The predicted octanol–water partition coefficient (Wildman–Crippen LogP) is 6.55. The molecule has 322 valence electrons. The van der Waals surface area contributed by atoms with E-state index in [0.29, 0.717) is 6.04 Å². The summed E-state index contributed by atoms with van der Waals surface area (Å²) in [6, 6.07) is 31.7. The quantitative estimate of drug-likeness (QED) is 0.152. The molecule has 8 rings (SSSR count). The SMILES string of the molecule is CC(C)(C)c1ccc(-c2cccc3c2=CC(=CC2CCCC2)[C-]=3)cc1.CC(C)(C)c1ccc(-c2cccc3c2=CC(=CC2CCCC2)[C-]=3)cc1.C[Si](=[Zr+2])CCC(F)(F)F.[Cl-].[Cl-]. The molecule has 0 atom stereocenters. The summed E-state index contributed by atoms with van der Waals surface area (Å²) >= 11 is 1.29. The van der Waals surface area contributed by atoms with Gasteiger partial charge in [-0.1, -0.05) is 177 Å². The molecule has 0 saturated heterocycles. The average molecular weight is 957 g/mol. The van der Waals surface area contributed by atoms with Crippen LogP contribution in [0, 0.1) is 11.8 Å². The molecular weight excluding hydrogens is 896 g/mol. The maximum Gasteiger partial charge on any atom is -1.00 e. The minimum absolute atomic E-state index is 0. The van der Waals surface area contributed by atoms with Gasteiger partial charge < -0.3 is 24.8 Å². The Morgan fingerprint density at radius 3 is 1.25 bits per heavy atom. The van der Waals surface area contributed by atoms with Crippen LogP contribution in [0.4, 0.5) is 13.2 Å². The van der Waals surface area contributed by atoms with E-state index in [4.69, 9.17) is 0 Å². The molecule has 7 heteroatoms. The first-order chi connectivity index (χ1) is 27.9. The summed E-state index contributed by atoms with van der Waals surface area (Å²) in [7, 11) is 0. The van der Waals surface area contributed by atoms with Crippen LogP contribution >= 0.6 is 0 Å². The van der Waals surface area contributed by atoms with Gasteiger partial charge in [-0.15, -0.1) is 80.6 Å². The normalized spacial score (nSPS) is 17.2. The van der Waals surface area contributed by atoms with Crippen LogP contribution < -0.4 is 45.7 Å². The van der Waals surface area contributed by atoms with Crippen LogP contribution in [-0.4, -0.2) is 11.6 Å². The van der Waals surface area contributed by atoms with E-state index >= 15 is 0 Å². The maximum atomic E-state index is 11.4. The van der Waals surface area contributed by atoms with E-state index in [1.165, 1.54) is 140 Å². The van der Waals surface area contributed by atoms with Crippen LogP contribution in [0.5, 0.6) is 0 Å². The van der Waals surface area contributed by atoms with Crippen molar-refractivity contribution in [1.82, 2.24) is 0 Å². The Morgan fingerprint density at radius 2 is 0.951 bits per heavy atom. The largest absolute Gasteiger partial charge is 1.00 e. The molecule has 2 saturated carbocycles. The first-order valence-corrected chi connectivity index (χ1v) is 27.6. The van der Waals surface area contributed by atoms with Crippen LogP contribution in [0.15, 0.2) is 108 Å². The molecule has 0 nitrogen and oxygen atoms in total. The fourth-order valence-electron chi connectivity index (χ4n) is 8.42. The molecule has 0 aromatic heterocycles. The van der Waals surface area contributed by atoms with Gasteiger partial charge in [-0.3, -0.25) is 0 Å². The van der Waals surface area contributed by atoms with Gasteiger partial charge in [0.2, 0.25) is 0 Å². The zero-order chi connectivity index (χ0) is 42.4. The van der Waals surface area contributed by atoms with Gasteiger partial charge in [-0.25, -0.2) is 0 Å². The molecule has 4 aliphatic carbocycles. The number of hydrogen-bond acceptors (Lipinski definition) is 0. The summed E-state index contributed by atoms with van der Waals surface area (Å²) in [5.41, 5.74) is 10.3. The van der Waals surface area contributed by atoms with E-state index in [1.54, 1.807) is 0 Å². The van der Waals surface area contributed by atoms with Crippen LogP contribution in [-0.2, 0) is 34.2 Å². The summed E-state index contributed by atoms with van der Waals surface area (Å²) in [6.07, 6.45) is 23.2. The van der Waals surface area contributed by atoms with Crippen molar-refractivity contribution >= 4 is 29.7 Å². The maximum absolute atomic E-state index is 11.4. The van der Waals surface area contributed by atoms with Gasteiger partial charge in [-0.2, -0.15) is 0 Å². The van der Waals surface area contributed by atoms with E-state index in [0.717, 1.165) is 11.8 Å². The molecule has 0 amide bonds. The minimum Gasteiger partial charge on any atom is -1.00 e. The van der Waals surface area contributed by atoms with Crippen molar-refractivity contribution in [3.8, 4) is 22.3 Å². The fraction of sp³-hybridized carbons (Fsp3) is 0.407. The summed E-state index contributed by atoms with van der Waals surface area (Å²) < 4.78 is 34.3.